The van der Waals surface area contributed by atoms with E-state index in [1.807, 2.05) is 25.1 Å². The predicted octanol–water partition coefficient (Wildman–Crippen LogP) is 3.58. The first-order valence-corrected chi connectivity index (χ1v) is 9.19. The van der Waals surface area contributed by atoms with Crippen LogP contribution in [0, 0.1) is 12.8 Å². The Morgan fingerprint density at radius 2 is 1.78 bits per heavy atom. The number of piperidine rings is 1. The van der Waals surface area contributed by atoms with E-state index in [2.05, 4.69) is 24.1 Å². The summed E-state index contributed by atoms with van der Waals surface area (Å²) < 4.78 is 37.5. The topological polar surface area (TPSA) is 52.7 Å². The van der Waals surface area contributed by atoms with Crippen molar-refractivity contribution in [3.8, 4) is 0 Å². The number of carbonyl (C=O) groups is 2. The van der Waals surface area contributed by atoms with Crippen LogP contribution < -0.4 is 10.2 Å². The van der Waals surface area contributed by atoms with Crippen LogP contribution in [0.1, 0.15) is 32.3 Å². The zero-order valence-electron chi connectivity index (χ0n) is 15.9. The van der Waals surface area contributed by atoms with E-state index in [-0.39, 0.29) is 31.8 Å². The molecule has 150 valence electrons. The second-order valence-corrected chi connectivity index (χ2v) is 6.72. The van der Waals surface area contributed by atoms with Gasteiger partial charge in [-0.05, 0) is 57.4 Å². The highest BCUT2D eigenvalue weighted by Crippen LogP contribution is 2.27. The number of benzene rings is 1. The van der Waals surface area contributed by atoms with E-state index in [0.29, 0.717) is 5.69 Å². The van der Waals surface area contributed by atoms with Gasteiger partial charge in [0.25, 0.3) is 0 Å². The number of likely N-dealkylation sites (tertiary alicyclic amines) is 1. The first-order valence-electron chi connectivity index (χ1n) is 9.19. The molecule has 0 bridgehead atoms. The standard InChI is InChI=1S/C19H26F3N3O2/c1-4-24(5-2)15-6-7-16(13(3)12-15)23-17(26)14-8-10-25(11-9-14)18(27)19(20,21)22/h6-7,12,14H,4-5,8-11H2,1-3H3,(H,23,26). The molecular formula is C19H26F3N3O2. The Balaban J connectivity index is 1.96. The number of nitrogens with one attached hydrogen (secondary N) is 1. The van der Waals surface area contributed by atoms with Crippen molar-refractivity contribution in [2.45, 2.75) is 39.8 Å². The molecule has 1 aromatic rings. The average Bonchev–Trinajstić information content (AvgIpc) is 2.63. The minimum atomic E-state index is -4.86. The van der Waals surface area contributed by atoms with Crippen LogP contribution in [-0.2, 0) is 9.59 Å². The maximum atomic E-state index is 12.5. The van der Waals surface area contributed by atoms with Gasteiger partial charge in [-0.15, -0.1) is 0 Å². The summed E-state index contributed by atoms with van der Waals surface area (Å²) >= 11 is 0. The van der Waals surface area contributed by atoms with Crippen molar-refractivity contribution in [3.05, 3.63) is 23.8 Å². The molecule has 0 saturated carbocycles. The summed E-state index contributed by atoms with van der Waals surface area (Å²) in [5.41, 5.74) is 2.71. The third-order valence-electron chi connectivity index (χ3n) is 4.99. The molecule has 1 aromatic carbocycles. The molecule has 5 nitrogen and oxygen atoms in total. The lowest BCUT2D eigenvalue weighted by molar-refractivity contribution is -0.186. The first kappa shape index (κ1) is 21.1. The number of rotatable bonds is 5. The number of alkyl halides is 3. The van der Waals surface area contributed by atoms with Gasteiger partial charge in [0.2, 0.25) is 5.91 Å². The van der Waals surface area contributed by atoms with Crippen molar-refractivity contribution in [3.63, 3.8) is 0 Å². The number of hydrogen-bond donors (Lipinski definition) is 1. The molecule has 1 fully saturated rings. The van der Waals surface area contributed by atoms with E-state index in [0.717, 1.165) is 29.2 Å². The zero-order chi connectivity index (χ0) is 20.2. The molecule has 0 atom stereocenters. The molecule has 8 heteroatoms. The summed E-state index contributed by atoms with van der Waals surface area (Å²) in [7, 11) is 0. The van der Waals surface area contributed by atoms with E-state index >= 15 is 0 Å². The number of nitrogens with zero attached hydrogens (tertiary/aromatic N) is 2. The molecule has 0 radical (unpaired) electrons. The number of amides is 2. The number of aryl methyl sites for hydroxylation is 1. The smallest absolute Gasteiger partial charge is 0.372 e. The average molecular weight is 385 g/mol. The van der Waals surface area contributed by atoms with Gasteiger partial charge in [-0.2, -0.15) is 13.2 Å². The van der Waals surface area contributed by atoms with Gasteiger partial charge in [-0.1, -0.05) is 0 Å². The lowest BCUT2D eigenvalue weighted by Gasteiger charge is -2.31. The summed E-state index contributed by atoms with van der Waals surface area (Å²) in [6.07, 6.45) is -4.41. The Labute approximate surface area is 157 Å². The van der Waals surface area contributed by atoms with Crippen LogP contribution in [0.25, 0.3) is 0 Å². The Morgan fingerprint density at radius 3 is 2.26 bits per heavy atom. The molecule has 1 heterocycles. The fourth-order valence-electron chi connectivity index (χ4n) is 3.33. The van der Waals surface area contributed by atoms with Gasteiger partial charge in [-0.25, -0.2) is 0 Å². The van der Waals surface area contributed by atoms with Crippen molar-refractivity contribution in [2.24, 2.45) is 5.92 Å². The number of halogens is 3. The van der Waals surface area contributed by atoms with Gasteiger partial charge >= 0.3 is 12.1 Å². The van der Waals surface area contributed by atoms with Crippen LogP contribution in [0.4, 0.5) is 24.5 Å². The lowest BCUT2D eigenvalue weighted by atomic mass is 9.95. The number of carbonyl (C=O) groups excluding carboxylic acids is 2. The minimum absolute atomic E-state index is 0.0592. The molecule has 1 N–H and O–H groups in total. The fraction of sp³-hybridized carbons (Fsp3) is 0.579. The predicted molar refractivity (Wildman–Crippen MR) is 98.7 cm³/mol. The maximum absolute atomic E-state index is 12.5. The van der Waals surface area contributed by atoms with Crippen molar-refractivity contribution < 1.29 is 22.8 Å². The molecule has 27 heavy (non-hydrogen) atoms. The molecule has 2 amide bonds. The van der Waals surface area contributed by atoms with Gasteiger partial charge in [0.1, 0.15) is 0 Å². The largest absolute Gasteiger partial charge is 0.471 e. The monoisotopic (exact) mass is 385 g/mol. The number of anilines is 2. The van der Waals surface area contributed by atoms with E-state index in [4.69, 9.17) is 0 Å². The quantitative estimate of drug-likeness (QED) is 0.843. The lowest BCUT2D eigenvalue weighted by Crippen LogP contribution is -2.46. The molecule has 1 aliphatic heterocycles. The van der Waals surface area contributed by atoms with Gasteiger partial charge in [0, 0.05) is 43.5 Å². The van der Waals surface area contributed by atoms with Crippen LogP contribution in [0.15, 0.2) is 18.2 Å². The summed E-state index contributed by atoms with van der Waals surface area (Å²) in [5, 5.41) is 2.87. The first-order chi connectivity index (χ1) is 12.7. The van der Waals surface area contributed by atoms with E-state index in [1.54, 1.807) is 0 Å². The van der Waals surface area contributed by atoms with E-state index in [1.165, 1.54) is 0 Å². The fourth-order valence-corrected chi connectivity index (χ4v) is 3.33. The molecule has 1 aliphatic rings. The SMILES string of the molecule is CCN(CC)c1ccc(NC(=O)C2CCN(C(=O)C(F)(F)F)CC2)c(C)c1. The third kappa shape index (κ3) is 5.14. The highest BCUT2D eigenvalue weighted by Gasteiger charge is 2.43. The molecular weight excluding hydrogens is 359 g/mol. The normalized spacial score (nSPS) is 15.6. The summed E-state index contributed by atoms with van der Waals surface area (Å²) in [6.45, 7) is 7.71. The highest BCUT2D eigenvalue weighted by molar-refractivity contribution is 5.93. The van der Waals surface area contributed by atoms with E-state index < -0.39 is 18.0 Å². The number of hydrogen-bond acceptors (Lipinski definition) is 3. The van der Waals surface area contributed by atoms with Crippen molar-refractivity contribution in [1.29, 1.82) is 0 Å². The molecule has 0 aliphatic carbocycles. The van der Waals surface area contributed by atoms with Crippen LogP contribution in [0.3, 0.4) is 0 Å². The van der Waals surface area contributed by atoms with Crippen LogP contribution in [0.5, 0.6) is 0 Å². The summed E-state index contributed by atoms with van der Waals surface area (Å²) in [6, 6.07) is 5.80. The maximum Gasteiger partial charge on any atom is 0.471 e. The molecule has 0 aromatic heterocycles. The Hall–Kier alpha value is -2.25. The van der Waals surface area contributed by atoms with Crippen molar-refractivity contribution >= 4 is 23.2 Å². The van der Waals surface area contributed by atoms with Gasteiger partial charge in [0.05, 0.1) is 0 Å². The van der Waals surface area contributed by atoms with Gasteiger partial charge in [0.15, 0.2) is 0 Å². The van der Waals surface area contributed by atoms with Crippen LogP contribution in [-0.4, -0.2) is 49.1 Å². The van der Waals surface area contributed by atoms with Crippen molar-refractivity contribution in [1.82, 2.24) is 4.90 Å². The summed E-state index contributed by atoms with van der Waals surface area (Å²) in [4.78, 5) is 26.7. The van der Waals surface area contributed by atoms with Gasteiger partial charge in [-0.3, -0.25) is 9.59 Å². The van der Waals surface area contributed by atoms with Gasteiger partial charge < -0.3 is 15.1 Å². The third-order valence-corrected chi connectivity index (χ3v) is 4.99. The second-order valence-electron chi connectivity index (χ2n) is 6.72. The Bertz CT molecular complexity index is 679. The second kappa shape index (κ2) is 8.63. The molecule has 2 rings (SSSR count). The molecule has 1 saturated heterocycles. The Kier molecular flexibility index (Phi) is 6.73. The summed E-state index contributed by atoms with van der Waals surface area (Å²) in [5.74, 6) is -2.44. The van der Waals surface area contributed by atoms with E-state index in [9.17, 15) is 22.8 Å². The highest BCUT2D eigenvalue weighted by atomic mass is 19.4. The minimum Gasteiger partial charge on any atom is -0.372 e. The van der Waals surface area contributed by atoms with Crippen molar-refractivity contribution in [2.75, 3.05) is 36.4 Å². The molecule has 0 spiro atoms. The zero-order valence-corrected chi connectivity index (χ0v) is 15.9. The Morgan fingerprint density at radius 1 is 1.19 bits per heavy atom. The van der Waals surface area contributed by atoms with Crippen LogP contribution in [0.2, 0.25) is 0 Å². The molecule has 0 unspecified atom stereocenters. The van der Waals surface area contributed by atoms with Crippen LogP contribution >= 0.6 is 0 Å².